The van der Waals surface area contributed by atoms with Gasteiger partial charge in [-0.25, -0.2) is 0 Å². The van der Waals surface area contributed by atoms with E-state index in [1.54, 1.807) is 0 Å². The Morgan fingerprint density at radius 3 is 2.44 bits per heavy atom. The molecule has 0 aromatic heterocycles. The normalized spacial score (nSPS) is 16.9. The van der Waals surface area contributed by atoms with Gasteiger partial charge in [0.15, 0.2) is 0 Å². The molecule has 7 nitrogen and oxygen atoms in total. The Bertz CT molecular complexity index is 857. The van der Waals surface area contributed by atoms with Crippen LogP contribution in [-0.2, 0) is 16.0 Å². The lowest BCUT2D eigenvalue weighted by Gasteiger charge is -2.33. The highest BCUT2D eigenvalue weighted by Gasteiger charge is 2.30. The molecule has 0 spiro atoms. The summed E-state index contributed by atoms with van der Waals surface area (Å²) in [4.78, 5) is 43.6. The van der Waals surface area contributed by atoms with Crippen LogP contribution in [0.5, 0.6) is 0 Å². The molecule has 0 saturated carbocycles. The van der Waals surface area contributed by atoms with Gasteiger partial charge in [0, 0.05) is 56.3 Å². The molecule has 0 atom stereocenters. The molecule has 0 aliphatic carbocycles. The fraction of sp³-hybridized carbons (Fsp3) is 0.640. The first kappa shape index (κ1) is 24.2. The number of piperidine rings is 1. The molecule has 1 N–H and O–H groups in total. The van der Waals surface area contributed by atoms with Crippen molar-refractivity contribution in [3.8, 4) is 0 Å². The maximum atomic E-state index is 13.0. The summed E-state index contributed by atoms with van der Waals surface area (Å²) in [6.45, 7) is 9.61. The number of benzene rings is 1. The van der Waals surface area contributed by atoms with Crippen LogP contribution in [0.2, 0.25) is 0 Å². The SMILES string of the molecule is CCC(=O)N1CCc2cc(C(=O)N3CCC(C(=O)NCC(C)(C)CN(C)C)CC3)ccc21. The number of amides is 3. The number of nitrogens with zero attached hydrogens (tertiary/aromatic N) is 3. The fourth-order valence-corrected chi connectivity index (χ4v) is 4.89. The molecule has 1 aromatic carbocycles. The van der Waals surface area contributed by atoms with Crippen LogP contribution in [-0.4, -0.2) is 74.3 Å². The van der Waals surface area contributed by atoms with Crippen LogP contribution in [0.25, 0.3) is 0 Å². The molecule has 2 aliphatic heterocycles. The van der Waals surface area contributed by atoms with Gasteiger partial charge in [-0.15, -0.1) is 0 Å². The van der Waals surface area contributed by atoms with E-state index in [1.807, 2.05) is 49.0 Å². The van der Waals surface area contributed by atoms with Crippen molar-refractivity contribution in [1.82, 2.24) is 15.1 Å². The Labute approximate surface area is 192 Å². The van der Waals surface area contributed by atoms with E-state index in [0.717, 1.165) is 24.2 Å². The van der Waals surface area contributed by atoms with Gasteiger partial charge in [-0.1, -0.05) is 20.8 Å². The first-order valence-electron chi connectivity index (χ1n) is 11.8. The fourth-order valence-electron chi connectivity index (χ4n) is 4.89. The van der Waals surface area contributed by atoms with Gasteiger partial charge in [0.2, 0.25) is 11.8 Å². The van der Waals surface area contributed by atoms with Crippen LogP contribution < -0.4 is 10.2 Å². The quantitative estimate of drug-likeness (QED) is 0.704. The largest absolute Gasteiger partial charge is 0.355 e. The van der Waals surface area contributed by atoms with E-state index in [2.05, 4.69) is 24.1 Å². The van der Waals surface area contributed by atoms with Crippen molar-refractivity contribution in [3.63, 3.8) is 0 Å². The number of hydrogen-bond acceptors (Lipinski definition) is 4. The Morgan fingerprint density at radius 1 is 1.12 bits per heavy atom. The average Bonchev–Trinajstić information content (AvgIpc) is 3.19. The predicted molar refractivity (Wildman–Crippen MR) is 127 cm³/mol. The molecule has 2 heterocycles. The summed E-state index contributed by atoms with van der Waals surface area (Å²) in [5, 5.41) is 3.12. The van der Waals surface area contributed by atoms with Gasteiger partial charge in [-0.2, -0.15) is 0 Å². The molecule has 7 heteroatoms. The molecule has 32 heavy (non-hydrogen) atoms. The smallest absolute Gasteiger partial charge is 0.253 e. The minimum atomic E-state index is -0.0390. The summed E-state index contributed by atoms with van der Waals surface area (Å²) in [7, 11) is 4.08. The monoisotopic (exact) mass is 442 g/mol. The second kappa shape index (κ2) is 10.0. The standard InChI is InChI=1S/C25H38N4O3/c1-6-22(30)29-14-11-19-15-20(7-8-21(19)29)24(32)28-12-9-18(10-13-28)23(31)26-16-25(2,3)17-27(4)5/h7-8,15,18H,6,9-14,16-17H2,1-5H3,(H,26,31). The number of hydrogen-bond donors (Lipinski definition) is 1. The number of likely N-dealkylation sites (tertiary alicyclic amines) is 1. The second-order valence-electron chi connectivity index (χ2n) is 10.2. The van der Waals surface area contributed by atoms with E-state index < -0.39 is 0 Å². The zero-order valence-corrected chi connectivity index (χ0v) is 20.2. The van der Waals surface area contributed by atoms with Gasteiger partial charge >= 0.3 is 0 Å². The lowest BCUT2D eigenvalue weighted by molar-refractivity contribution is -0.126. The first-order valence-corrected chi connectivity index (χ1v) is 11.8. The van der Waals surface area contributed by atoms with E-state index in [9.17, 15) is 14.4 Å². The Kier molecular flexibility index (Phi) is 7.59. The summed E-state index contributed by atoms with van der Waals surface area (Å²) in [5.74, 6) is 0.192. The highest BCUT2D eigenvalue weighted by Crippen LogP contribution is 2.30. The van der Waals surface area contributed by atoms with Crippen molar-refractivity contribution in [2.45, 2.75) is 46.5 Å². The van der Waals surface area contributed by atoms with Crippen molar-refractivity contribution in [2.24, 2.45) is 11.3 Å². The van der Waals surface area contributed by atoms with Crippen LogP contribution >= 0.6 is 0 Å². The van der Waals surface area contributed by atoms with Crippen LogP contribution in [0, 0.1) is 11.3 Å². The molecule has 3 rings (SSSR count). The summed E-state index contributed by atoms with van der Waals surface area (Å²) in [6.07, 6.45) is 2.65. The molecule has 1 fully saturated rings. The molecule has 0 radical (unpaired) electrons. The van der Waals surface area contributed by atoms with Crippen LogP contribution in [0.1, 0.15) is 56.0 Å². The summed E-state index contributed by atoms with van der Waals surface area (Å²) < 4.78 is 0. The topological polar surface area (TPSA) is 73.0 Å². The Morgan fingerprint density at radius 2 is 1.81 bits per heavy atom. The molecule has 0 unspecified atom stereocenters. The minimum absolute atomic E-state index is 0.0130. The molecule has 176 valence electrons. The lowest BCUT2D eigenvalue weighted by Crippen LogP contribution is -2.46. The Hall–Kier alpha value is -2.41. The molecule has 3 amide bonds. The molecule has 2 aliphatic rings. The first-order chi connectivity index (χ1) is 15.1. The number of carbonyl (C=O) groups excluding carboxylic acids is 3. The lowest BCUT2D eigenvalue weighted by atomic mass is 9.91. The highest BCUT2D eigenvalue weighted by molar-refractivity contribution is 5.98. The second-order valence-corrected chi connectivity index (χ2v) is 10.2. The number of fused-ring (bicyclic) bond motifs is 1. The van der Waals surface area contributed by atoms with Crippen molar-refractivity contribution in [2.75, 3.05) is 51.7 Å². The van der Waals surface area contributed by atoms with Crippen LogP contribution in [0.4, 0.5) is 5.69 Å². The maximum Gasteiger partial charge on any atom is 0.253 e. The van der Waals surface area contributed by atoms with E-state index in [0.29, 0.717) is 51.0 Å². The molecular weight excluding hydrogens is 404 g/mol. The number of anilines is 1. The highest BCUT2D eigenvalue weighted by atomic mass is 16.2. The van der Waals surface area contributed by atoms with E-state index >= 15 is 0 Å². The van der Waals surface area contributed by atoms with Crippen LogP contribution in [0.15, 0.2) is 18.2 Å². The number of nitrogens with one attached hydrogen (secondary N) is 1. The molecule has 1 saturated heterocycles. The van der Waals surface area contributed by atoms with Gasteiger partial charge in [-0.3, -0.25) is 14.4 Å². The van der Waals surface area contributed by atoms with Crippen LogP contribution in [0.3, 0.4) is 0 Å². The molecule has 0 bridgehead atoms. The van der Waals surface area contributed by atoms with Gasteiger partial charge < -0.3 is 20.0 Å². The average molecular weight is 443 g/mol. The van der Waals surface area contributed by atoms with E-state index in [-0.39, 0.29) is 29.1 Å². The van der Waals surface area contributed by atoms with Gasteiger partial charge in [0.1, 0.15) is 0 Å². The molecular formula is C25H38N4O3. The van der Waals surface area contributed by atoms with Crippen molar-refractivity contribution in [1.29, 1.82) is 0 Å². The predicted octanol–water partition coefficient (Wildman–Crippen LogP) is 2.54. The van der Waals surface area contributed by atoms with Crippen molar-refractivity contribution >= 4 is 23.4 Å². The van der Waals surface area contributed by atoms with Crippen molar-refractivity contribution in [3.05, 3.63) is 29.3 Å². The third-order valence-electron chi connectivity index (χ3n) is 6.46. The summed E-state index contributed by atoms with van der Waals surface area (Å²) in [5.41, 5.74) is 2.68. The van der Waals surface area contributed by atoms with E-state index in [4.69, 9.17) is 0 Å². The van der Waals surface area contributed by atoms with Crippen molar-refractivity contribution < 1.29 is 14.4 Å². The van der Waals surface area contributed by atoms with Gasteiger partial charge in [0.05, 0.1) is 0 Å². The number of carbonyl (C=O) groups is 3. The van der Waals surface area contributed by atoms with Gasteiger partial charge in [-0.05, 0) is 62.5 Å². The number of rotatable bonds is 7. The zero-order valence-electron chi connectivity index (χ0n) is 20.2. The zero-order chi connectivity index (χ0) is 23.5. The third-order valence-corrected chi connectivity index (χ3v) is 6.46. The Balaban J connectivity index is 1.53. The summed E-state index contributed by atoms with van der Waals surface area (Å²) >= 11 is 0. The van der Waals surface area contributed by atoms with E-state index in [1.165, 1.54) is 0 Å². The molecule has 1 aromatic rings. The minimum Gasteiger partial charge on any atom is -0.355 e. The summed E-state index contributed by atoms with van der Waals surface area (Å²) in [6, 6.07) is 5.67. The maximum absolute atomic E-state index is 13.0. The third kappa shape index (κ3) is 5.68. The van der Waals surface area contributed by atoms with Gasteiger partial charge in [0.25, 0.3) is 5.91 Å².